The Kier molecular flexibility index (Phi) is 5.99. The van der Waals surface area contributed by atoms with Crippen molar-refractivity contribution in [2.24, 2.45) is 16.5 Å². The van der Waals surface area contributed by atoms with Crippen LogP contribution in [0.3, 0.4) is 0 Å². The molecule has 0 amide bonds. The Morgan fingerprint density at radius 3 is 2.59 bits per heavy atom. The molecule has 1 aliphatic rings. The molecule has 120 valence electrons. The molecule has 4 nitrogen and oxygen atoms in total. The molecule has 0 radical (unpaired) electrons. The van der Waals surface area contributed by atoms with Gasteiger partial charge in [0.2, 0.25) is 0 Å². The van der Waals surface area contributed by atoms with Crippen molar-refractivity contribution in [1.29, 1.82) is 0 Å². The van der Waals surface area contributed by atoms with Gasteiger partial charge in [-0.3, -0.25) is 4.79 Å². The summed E-state index contributed by atoms with van der Waals surface area (Å²) in [5.41, 5.74) is 0.443. The van der Waals surface area contributed by atoms with E-state index in [0.29, 0.717) is 12.5 Å². The number of carbonyl (C=O) groups is 1. The van der Waals surface area contributed by atoms with Crippen LogP contribution < -0.4 is 0 Å². The van der Waals surface area contributed by atoms with Gasteiger partial charge in [0.15, 0.2) is 0 Å². The zero-order valence-electron chi connectivity index (χ0n) is 13.5. The van der Waals surface area contributed by atoms with Gasteiger partial charge in [0, 0.05) is 0 Å². The Labute approximate surface area is 132 Å². The zero-order chi connectivity index (χ0) is 15.8. The molecule has 1 aromatic carbocycles. The average molecular weight is 303 g/mol. The highest BCUT2D eigenvalue weighted by Gasteiger charge is 2.41. The van der Waals surface area contributed by atoms with Gasteiger partial charge >= 0.3 is 5.97 Å². The maximum Gasteiger partial charge on any atom is 0.317 e. The number of rotatable bonds is 6. The van der Waals surface area contributed by atoms with Crippen LogP contribution in [0.5, 0.6) is 0 Å². The Morgan fingerprint density at radius 2 is 2.00 bits per heavy atom. The van der Waals surface area contributed by atoms with Crippen LogP contribution >= 0.6 is 0 Å². The molecule has 1 saturated carbocycles. The van der Waals surface area contributed by atoms with Crippen LogP contribution in [0.2, 0.25) is 0 Å². The summed E-state index contributed by atoms with van der Waals surface area (Å²) in [4.78, 5) is 17.5. The highest BCUT2D eigenvalue weighted by molar-refractivity contribution is 5.95. The van der Waals surface area contributed by atoms with Crippen molar-refractivity contribution in [1.82, 2.24) is 0 Å². The Morgan fingerprint density at radius 1 is 1.32 bits per heavy atom. The van der Waals surface area contributed by atoms with E-state index in [0.717, 1.165) is 31.2 Å². The lowest BCUT2D eigenvalue weighted by Crippen LogP contribution is -2.38. The molecule has 0 aliphatic heterocycles. The summed E-state index contributed by atoms with van der Waals surface area (Å²) in [7, 11) is 1.44. The zero-order valence-corrected chi connectivity index (χ0v) is 13.5. The van der Waals surface area contributed by atoms with Crippen LogP contribution in [-0.4, -0.2) is 19.3 Å². The van der Waals surface area contributed by atoms with Gasteiger partial charge in [0.25, 0.3) is 0 Å². The normalized spacial score (nSPS) is 25.1. The molecule has 0 unspecified atom stereocenters. The molecule has 1 aromatic rings. The standard InChI is InChI=1S/C18H25NO3/c1-3-15-9-11-18(12-10-15,17(20)21-2)14-19-22-13-16-7-5-4-6-8-16/h4-8,14-15H,3,9-13H2,1-2H3/t15-,18+. The highest BCUT2D eigenvalue weighted by atomic mass is 16.6. The molecule has 0 aromatic heterocycles. The highest BCUT2D eigenvalue weighted by Crippen LogP contribution is 2.39. The SMILES string of the molecule is CC[C@H]1CC[C@@](C=NOCc2ccccc2)(C(=O)OC)CC1. The lowest BCUT2D eigenvalue weighted by atomic mass is 9.70. The molecule has 1 fully saturated rings. The fourth-order valence-electron chi connectivity index (χ4n) is 3.01. The first-order valence-electron chi connectivity index (χ1n) is 7.99. The third kappa shape index (κ3) is 4.09. The third-order valence-electron chi connectivity index (χ3n) is 4.62. The van der Waals surface area contributed by atoms with E-state index in [4.69, 9.17) is 9.57 Å². The number of methoxy groups -OCH3 is 1. The van der Waals surface area contributed by atoms with E-state index < -0.39 is 5.41 Å². The van der Waals surface area contributed by atoms with Crippen molar-refractivity contribution in [2.45, 2.75) is 45.6 Å². The van der Waals surface area contributed by atoms with Crippen molar-refractivity contribution in [2.75, 3.05) is 7.11 Å². The maximum absolute atomic E-state index is 12.2. The Bertz CT molecular complexity index is 490. The smallest absolute Gasteiger partial charge is 0.317 e. The molecule has 1 aliphatic carbocycles. The number of benzene rings is 1. The summed E-state index contributed by atoms with van der Waals surface area (Å²) in [6.45, 7) is 2.61. The summed E-state index contributed by atoms with van der Waals surface area (Å²) in [5, 5.41) is 4.06. The van der Waals surface area contributed by atoms with Crippen LogP contribution in [0.4, 0.5) is 0 Å². The largest absolute Gasteiger partial charge is 0.468 e. The first-order chi connectivity index (χ1) is 10.7. The maximum atomic E-state index is 12.2. The van der Waals surface area contributed by atoms with E-state index in [1.54, 1.807) is 6.21 Å². The third-order valence-corrected chi connectivity index (χ3v) is 4.62. The van der Waals surface area contributed by atoms with E-state index in [1.165, 1.54) is 13.5 Å². The molecule has 0 saturated heterocycles. The van der Waals surface area contributed by atoms with Crippen molar-refractivity contribution >= 4 is 12.2 Å². The number of esters is 1. The van der Waals surface area contributed by atoms with Gasteiger partial charge in [0.1, 0.15) is 12.0 Å². The minimum absolute atomic E-state index is 0.200. The summed E-state index contributed by atoms with van der Waals surface area (Å²) in [6, 6.07) is 9.86. The fourth-order valence-corrected chi connectivity index (χ4v) is 3.01. The second-order valence-electron chi connectivity index (χ2n) is 5.99. The van der Waals surface area contributed by atoms with Gasteiger partial charge in [-0.25, -0.2) is 0 Å². The minimum atomic E-state index is -0.614. The molecular formula is C18H25NO3. The topological polar surface area (TPSA) is 47.9 Å². The number of hydrogen-bond acceptors (Lipinski definition) is 4. The second kappa shape index (κ2) is 7.97. The number of carbonyl (C=O) groups excluding carboxylic acids is 1. The second-order valence-corrected chi connectivity index (χ2v) is 5.99. The molecular weight excluding hydrogens is 278 g/mol. The fraction of sp³-hybridized carbons (Fsp3) is 0.556. The molecule has 2 rings (SSSR count). The Balaban J connectivity index is 1.95. The van der Waals surface area contributed by atoms with Gasteiger partial charge in [-0.15, -0.1) is 0 Å². The quantitative estimate of drug-likeness (QED) is 0.454. The summed E-state index contributed by atoms with van der Waals surface area (Å²) >= 11 is 0. The Hall–Kier alpha value is -1.84. The lowest BCUT2D eigenvalue weighted by molar-refractivity contribution is -0.150. The molecule has 0 spiro atoms. The van der Waals surface area contributed by atoms with E-state index in [-0.39, 0.29) is 5.97 Å². The lowest BCUT2D eigenvalue weighted by Gasteiger charge is -2.34. The van der Waals surface area contributed by atoms with E-state index in [2.05, 4.69) is 12.1 Å². The van der Waals surface area contributed by atoms with Crippen LogP contribution in [0, 0.1) is 11.3 Å². The van der Waals surface area contributed by atoms with Crippen LogP contribution in [0.25, 0.3) is 0 Å². The van der Waals surface area contributed by atoms with Crippen LogP contribution in [-0.2, 0) is 21.0 Å². The molecule has 0 bridgehead atoms. The van der Waals surface area contributed by atoms with E-state index >= 15 is 0 Å². The van der Waals surface area contributed by atoms with Gasteiger partial charge in [-0.05, 0) is 37.2 Å². The van der Waals surface area contributed by atoms with E-state index in [1.807, 2.05) is 30.3 Å². The summed E-state index contributed by atoms with van der Waals surface area (Å²) in [5.74, 6) is 0.505. The minimum Gasteiger partial charge on any atom is -0.468 e. The van der Waals surface area contributed by atoms with Crippen LogP contribution in [0.1, 0.15) is 44.6 Å². The monoisotopic (exact) mass is 303 g/mol. The van der Waals surface area contributed by atoms with Crippen molar-refractivity contribution in [3.05, 3.63) is 35.9 Å². The van der Waals surface area contributed by atoms with Gasteiger partial charge in [0.05, 0.1) is 13.3 Å². The van der Waals surface area contributed by atoms with Crippen molar-refractivity contribution < 1.29 is 14.4 Å². The summed E-state index contributed by atoms with van der Waals surface area (Å²) in [6.07, 6.45) is 6.48. The number of ether oxygens (including phenoxy) is 1. The molecule has 0 atom stereocenters. The van der Waals surface area contributed by atoms with Crippen molar-refractivity contribution in [3.8, 4) is 0 Å². The van der Waals surface area contributed by atoms with Gasteiger partial charge in [-0.2, -0.15) is 0 Å². The van der Waals surface area contributed by atoms with Crippen LogP contribution in [0.15, 0.2) is 35.5 Å². The average Bonchev–Trinajstić information content (AvgIpc) is 2.59. The van der Waals surface area contributed by atoms with Crippen molar-refractivity contribution in [3.63, 3.8) is 0 Å². The van der Waals surface area contributed by atoms with E-state index in [9.17, 15) is 4.79 Å². The first kappa shape index (κ1) is 16.5. The number of nitrogens with zero attached hydrogens (tertiary/aromatic N) is 1. The molecule has 0 N–H and O–H groups in total. The summed E-state index contributed by atoms with van der Waals surface area (Å²) < 4.78 is 4.99. The van der Waals surface area contributed by atoms with Gasteiger partial charge in [-0.1, -0.05) is 48.8 Å². The molecule has 22 heavy (non-hydrogen) atoms. The molecule has 0 heterocycles. The van der Waals surface area contributed by atoms with Gasteiger partial charge < -0.3 is 9.57 Å². The predicted octanol–water partition coefficient (Wildman–Crippen LogP) is 3.95. The number of hydrogen-bond donors (Lipinski definition) is 0. The number of oxime groups is 1. The first-order valence-corrected chi connectivity index (χ1v) is 7.99. The predicted molar refractivity (Wildman–Crippen MR) is 86.4 cm³/mol. The molecule has 4 heteroatoms.